The van der Waals surface area contributed by atoms with Crippen molar-refractivity contribution in [2.75, 3.05) is 6.54 Å². The highest BCUT2D eigenvalue weighted by atomic mass is 16.6. The van der Waals surface area contributed by atoms with Crippen LogP contribution < -0.4 is 5.73 Å². The first-order valence-electron chi connectivity index (χ1n) is 8.88. The van der Waals surface area contributed by atoms with Gasteiger partial charge in [-0.3, -0.25) is 0 Å². The Morgan fingerprint density at radius 3 is 2.26 bits per heavy atom. The molecule has 2 aliphatic rings. The van der Waals surface area contributed by atoms with E-state index in [1.54, 1.807) is 0 Å². The van der Waals surface area contributed by atoms with E-state index in [4.69, 9.17) is 10.5 Å². The molecule has 134 valence electrons. The standard InChI is InChI=1S/C18H34N2O3/c1-16(2,3)23-15(22)20-12-17(4,5)9-8-14(20)18(19)10-6-13(21)7-11-18/h13-14,21H,6-12,19H2,1-5H3. The first-order chi connectivity index (χ1) is 10.4. The molecule has 2 fully saturated rings. The second-order valence-electron chi connectivity index (χ2n) is 9.29. The first kappa shape index (κ1) is 18.5. The number of hydrogen-bond donors (Lipinski definition) is 2. The minimum absolute atomic E-state index is 0.00197. The zero-order valence-corrected chi connectivity index (χ0v) is 15.4. The van der Waals surface area contributed by atoms with Crippen molar-refractivity contribution in [2.24, 2.45) is 11.1 Å². The summed E-state index contributed by atoms with van der Waals surface area (Å²) in [4.78, 5) is 14.6. The molecule has 1 amide bonds. The van der Waals surface area contributed by atoms with Crippen LogP contribution in [0.4, 0.5) is 4.79 Å². The van der Waals surface area contributed by atoms with Crippen molar-refractivity contribution in [3.05, 3.63) is 0 Å². The molecule has 5 heteroatoms. The van der Waals surface area contributed by atoms with Gasteiger partial charge in [0.05, 0.1) is 12.1 Å². The van der Waals surface area contributed by atoms with Crippen LogP contribution in [0.15, 0.2) is 0 Å². The molecule has 0 aromatic heterocycles. The molecule has 1 saturated carbocycles. The van der Waals surface area contributed by atoms with Crippen LogP contribution in [0.2, 0.25) is 0 Å². The maximum absolute atomic E-state index is 12.8. The van der Waals surface area contributed by atoms with Crippen LogP contribution in [0, 0.1) is 5.41 Å². The van der Waals surface area contributed by atoms with E-state index in [0.29, 0.717) is 6.54 Å². The van der Waals surface area contributed by atoms with Crippen molar-refractivity contribution < 1.29 is 14.6 Å². The summed E-state index contributed by atoms with van der Waals surface area (Å²) in [7, 11) is 0. The van der Waals surface area contributed by atoms with Gasteiger partial charge >= 0.3 is 6.09 Å². The summed E-state index contributed by atoms with van der Waals surface area (Å²) in [5.41, 5.74) is 5.88. The van der Waals surface area contributed by atoms with Crippen molar-refractivity contribution in [3.63, 3.8) is 0 Å². The Balaban J connectivity index is 2.20. The topological polar surface area (TPSA) is 75.8 Å². The number of aliphatic hydroxyl groups is 1. The maximum Gasteiger partial charge on any atom is 0.410 e. The molecular weight excluding hydrogens is 292 g/mol. The van der Waals surface area contributed by atoms with Crippen LogP contribution in [0.3, 0.4) is 0 Å². The Morgan fingerprint density at radius 1 is 1.17 bits per heavy atom. The minimum Gasteiger partial charge on any atom is -0.444 e. The lowest BCUT2D eigenvalue weighted by atomic mass is 9.70. The fourth-order valence-corrected chi connectivity index (χ4v) is 3.92. The van der Waals surface area contributed by atoms with Crippen molar-refractivity contribution in [1.29, 1.82) is 0 Å². The Bertz CT molecular complexity index is 434. The van der Waals surface area contributed by atoms with Gasteiger partial charge < -0.3 is 20.5 Å². The van der Waals surface area contributed by atoms with Gasteiger partial charge in [-0.1, -0.05) is 13.8 Å². The predicted molar refractivity (Wildman–Crippen MR) is 91.1 cm³/mol. The molecule has 0 aromatic carbocycles. The van der Waals surface area contributed by atoms with E-state index in [9.17, 15) is 9.90 Å². The van der Waals surface area contributed by atoms with Crippen molar-refractivity contribution >= 4 is 6.09 Å². The molecule has 23 heavy (non-hydrogen) atoms. The zero-order valence-electron chi connectivity index (χ0n) is 15.4. The molecule has 0 bridgehead atoms. The summed E-state index contributed by atoms with van der Waals surface area (Å²) in [5.74, 6) is 0. The molecule has 0 radical (unpaired) electrons. The highest BCUT2D eigenvalue weighted by Gasteiger charge is 2.47. The Hall–Kier alpha value is -0.810. The number of aliphatic hydroxyl groups excluding tert-OH is 1. The van der Waals surface area contributed by atoms with E-state index in [0.717, 1.165) is 38.5 Å². The van der Waals surface area contributed by atoms with E-state index in [-0.39, 0.29) is 23.7 Å². The molecule has 3 N–H and O–H groups in total. The third kappa shape index (κ3) is 4.60. The average Bonchev–Trinajstić information content (AvgIpc) is 2.39. The quantitative estimate of drug-likeness (QED) is 0.776. The van der Waals surface area contributed by atoms with Crippen molar-refractivity contribution in [3.8, 4) is 0 Å². The number of ether oxygens (including phenoxy) is 1. The Morgan fingerprint density at radius 2 is 1.74 bits per heavy atom. The molecule has 1 aliphatic carbocycles. The molecule has 0 aromatic rings. The number of nitrogens with zero attached hydrogens (tertiary/aromatic N) is 1. The lowest BCUT2D eigenvalue weighted by Gasteiger charge is -2.52. The number of hydrogen-bond acceptors (Lipinski definition) is 4. The van der Waals surface area contributed by atoms with Crippen LogP contribution in [0.1, 0.15) is 73.1 Å². The SMILES string of the molecule is CC1(C)CCC(C2(N)CCC(O)CC2)N(C(=O)OC(C)(C)C)C1. The molecule has 1 heterocycles. The highest BCUT2D eigenvalue weighted by Crippen LogP contribution is 2.41. The van der Waals surface area contributed by atoms with E-state index >= 15 is 0 Å². The first-order valence-corrected chi connectivity index (χ1v) is 8.88. The number of carbonyl (C=O) groups excluding carboxylic acids is 1. The number of nitrogens with two attached hydrogens (primary N) is 1. The van der Waals surface area contributed by atoms with Gasteiger partial charge in [-0.25, -0.2) is 4.79 Å². The second-order valence-corrected chi connectivity index (χ2v) is 9.29. The summed E-state index contributed by atoms with van der Waals surface area (Å²) in [5, 5.41) is 9.79. The van der Waals surface area contributed by atoms with Gasteiger partial charge in [-0.15, -0.1) is 0 Å². The summed E-state index contributed by atoms with van der Waals surface area (Å²) in [6, 6.07) is -0.00197. The molecule has 1 atom stereocenters. The van der Waals surface area contributed by atoms with Gasteiger partial charge in [0, 0.05) is 12.1 Å². The highest BCUT2D eigenvalue weighted by molar-refractivity contribution is 5.69. The lowest BCUT2D eigenvalue weighted by molar-refractivity contribution is -0.0336. The number of rotatable bonds is 1. The van der Waals surface area contributed by atoms with Gasteiger partial charge in [0.2, 0.25) is 0 Å². The Labute approximate surface area is 140 Å². The summed E-state index contributed by atoms with van der Waals surface area (Å²) >= 11 is 0. The molecule has 1 aliphatic heterocycles. The fraction of sp³-hybridized carbons (Fsp3) is 0.944. The average molecular weight is 326 g/mol. The van der Waals surface area contributed by atoms with Gasteiger partial charge in [0.1, 0.15) is 5.60 Å². The maximum atomic E-state index is 12.8. The van der Waals surface area contributed by atoms with E-state index in [1.165, 1.54) is 0 Å². The third-order valence-electron chi connectivity index (χ3n) is 5.25. The summed E-state index contributed by atoms with van der Waals surface area (Å²) in [6.07, 6.45) is 4.42. The van der Waals surface area contributed by atoms with Crippen molar-refractivity contribution in [2.45, 2.75) is 96.4 Å². The van der Waals surface area contributed by atoms with Crippen LogP contribution in [0.5, 0.6) is 0 Å². The van der Waals surface area contributed by atoms with Crippen LogP contribution >= 0.6 is 0 Å². The number of amides is 1. The number of likely N-dealkylation sites (tertiary alicyclic amines) is 1. The molecule has 5 nitrogen and oxygen atoms in total. The molecule has 1 saturated heterocycles. The Kier molecular flexibility index (Phi) is 5.03. The van der Waals surface area contributed by atoms with E-state index in [1.807, 2.05) is 25.7 Å². The zero-order chi connectivity index (χ0) is 17.5. The summed E-state index contributed by atoms with van der Waals surface area (Å²) < 4.78 is 5.64. The second kappa shape index (κ2) is 6.25. The summed E-state index contributed by atoms with van der Waals surface area (Å²) in [6.45, 7) is 10.7. The molecule has 0 spiro atoms. The normalized spacial score (nSPS) is 35.0. The fourth-order valence-electron chi connectivity index (χ4n) is 3.92. The predicted octanol–water partition coefficient (Wildman–Crippen LogP) is 3.04. The van der Waals surface area contributed by atoms with Crippen molar-refractivity contribution in [1.82, 2.24) is 4.90 Å². The molecular formula is C18H34N2O3. The number of carbonyl (C=O) groups is 1. The van der Waals surface area contributed by atoms with Gasteiger partial charge in [0.25, 0.3) is 0 Å². The minimum atomic E-state index is -0.506. The van der Waals surface area contributed by atoms with Crippen LogP contribution in [0.25, 0.3) is 0 Å². The lowest BCUT2D eigenvalue weighted by Crippen LogP contribution is -2.65. The van der Waals surface area contributed by atoms with E-state index in [2.05, 4.69) is 13.8 Å². The van der Waals surface area contributed by atoms with Gasteiger partial charge in [0.15, 0.2) is 0 Å². The monoisotopic (exact) mass is 326 g/mol. The smallest absolute Gasteiger partial charge is 0.410 e. The van der Waals surface area contributed by atoms with E-state index < -0.39 is 11.1 Å². The van der Waals surface area contributed by atoms with Gasteiger partial charge in [-0.2, -0.15) is 0 Å². The third-order valence-corrected chi connectivity index (χ3v) is 5.25. The largest absolute Gasteiger partial charge is 0.444 e. The molecule has 2 rings (SSSR count). The van der Waals surface area contributed by atoms with Gasteiger partial charge in [-0.05, 0) is 64.7 Å². The van der Waals surface area contributed by atoms with Crippen LogP contribution in [-0.2, 0) is 4.74 Å². The van der Waals surface area contributed by atoms with Crippen LogP contribution in [-0.4, -0.2) is 45.9 Å². The molecule has 1 unspecified atom stereocenters. The number of piperidine rings is 1.